The Labute approximate surface area is 115 Å². The van der Waals surface area contributed by atoms with E-state index in [1.807, 2.05) is 6.07 Å². The predicted octanol–water partition coefficient (Wildman–Crippen LogP) is 3.02. The van der Waals surface area contributed by atoms with Gasteiger partial charge in [-0.25, -0.2) is 9.18 Å². The quantitative estimate of drug-likeness (QED) is 0.899. The average molecular weight is 269 g/mol. The van der Waals surface area contributed by atoms with Crippen molar-refractivity contribution in [1.82, 2.24) is 5.32 Å². The molecule has 0 saturated carbocycles. The lowest BCUT2D eigenvalue weighted by molar-refractivity contribution is 0.251. The summed E-state index contributed by atoms with van der Waals surface area (Å²) in [6.45, 7) is 0.279. The molecule has 20 heavy (non-hydrogen) atoms. The Hall–Kier alpha value is -2.87. The Morgan fingerprint density at radius 1 is 1.15 bits per heavy atom. The molecule has 2 aromatic carbocycles. The molecule has 2 aromatic rings. The average Bonchev–Trinajstić information content (AvgIpc) is 2.47. The number of benzene rings is 2. The maximum Gasteiger partial charge on any atom is 0.319 e. The van der Waals surface area contributed by atoms with Crippen LogP contribution in [0.5, 0.6) is 0 Å². The first-order valence-electron chi connectivity index (χ1n) is 5.97. The SMILES string of the molecule is N#Cc1ccccc1NC(=O)NCc1ccc(F)cc1. The topological polar surface area (TPSA) is 64.9 Å². The molecule has 0 unspecified atom stereocenters. The number of rotatable bonds is 3. The van der Waals surface area contributed by atoms with Gasteiger partial charge < -0.3 is 10.6 Å². The Morgan fingerprint density at radius 2 is 1.85 bits per heavy atom. The molecule has 0 aliphatic carbocycles. The van der Waals surface area contributed by atoms with Crippen LogP contribution in [0.3, 0.4) is 0 Å². The Bertz CT molecular complexity index is 647. The standard InChI is InChI=1S/C15H12FN3O/c16-13-7-5-11(6-8-13)10-18-15(20)19-14-4-2-1-3-12(14)9-17/h1-8H,10H2,(H2,18,19,20). The summed E-state index contributed by atoms with van der Waals surface area (Å²) in [5.74, 6) is -0.318. The first-order valence-corrected chi connectivity index (χ1v) is 5.97. The van der Waals surface area contributed by atoms with Crippen molar-refractivity contribution in [3.63, 3.8) is 0 Å². The molecule has 5 heteroatoms. The maximum absolute atomic E-state index is 12.7. The number of hydrogen-bond donors (Lipinski definition) is 2. The van der Waals surface area contributed by atoms with Crippen molar-refractivity contribution in [2.45, 2.75) is 6.54 Å². The van der Waals surface area contributed by atoms with Crippen molar-refractivity contribution in [2.75, 3.05) is 5.32 Å². The molecule has 4 nitrogen and oxygen atoms in total. The molecule has 0 fully saturated rings. The molecule has 0 radical (unpaired) electrons. The summed E-state index contributed by atoms with van der Waals surface area (Å²) >= 11 is 0. The van der Waals surface area contributed by atoms with Gasteiger partial charge in [0.2, 0.25) is 0 Å². The summed E-state index contributed by atoms with van der Waals surface area (Å²) in [4.78, 5) is 11.7. The van der Waals surface area contributed by atoms with E-state index in [4.69, 9.17) is 5.26 Å². The van der Waals surface area contributed by atoms with Gasteiger partial charge in [-0.05, 0) is 29.8 Å². The lowest BCUT2D eigenvalue weighted by atomic mass is 10.2. The van der Waals surface area contributed by atoms with E-state index in [2.05, 4.69) is 10.6 Å². The minimum absolute atomic E-state index is 0.279. The third-order valence-corrected chi connectivity index (χ3v) is 2.66. The minimum atomic E-state index is -0.419. The summed E-state index contributed by atoms with van der Waals surface area (Å²) in [7, 11) is 0. The summed E-state index contributed by atoms with van der Waals surface area (Å²) in [6.07, 6.45) is 0. The van der Waals surface area contributed by atoms with Gasteiger partial charge in [-0.15, -0.1) is 0 Å². The van der Waals surface area contributed by atoms with Crippen LogP contribution in [-0.4, -0.2) is 6.03 Å². The monoisotopic (exact) mass is 269 g/mol. The van der Waals surface area contributed by atoms with Crippen molar-refractivity contribution in [1.29, 1.82) is 5.26 Å². The molecule has 0 aliphatic heterocycles. The van der Waals surface area contributed by atoms with E-state index >= 15 is 0 Å². The van der Waals surface area contributed by atoms with Crippen LogP contribution in [0.1, 0.15) is 11.1 Å². The Balaban J connectivity index is 1.93. The van der Waals surface area contributed by atoms with Crippen molar-refractivity contribution in [3.8, 4) is 6.07 Å². The fraction of sp³-hybridized carbons (Fsp3) is 0.0667. The molecule has 0 heterocycles. The van der Waals surface area contributed by atoms with E-state index in [0.717, 1.165) is 5.56 Å². The molecule has 100 valence electrons. The van der Waals surface area contributed by atoms with Crippen LogP contribution in [-0.2, 0) is 6.54 Å². The molecule has 0 bridgehead atoms. The highest BCUT2D eigenvalue weighted by Crippen LogP contribution is 2.13. The van der Waals surface area contributed by atoms with E-state index in [9.17, 15) is 9.18 Å². The smallest absolute Gasteiger partial charge is 0.319 e. The highest BCUT2D eigenvalue weighted by atomic mass is 19.1. The molecule has 2 N–H and O–H groups in total. The van der Waals surface area contributed by atoms with Gasteiger partial charge in [0.1, 0.15) is 11.9 Å². The van der Waals surface area contributed by atoms with Crippen molar-refractivity contribution < 1.29 is 9.18 Å². The third-order valence-electron chi connectivity index (χ3n) is 2.66. The number of nitrogens with zero attached hydrogens (tertiary/aromatic N) is 1. The summed E-state index contributed by atoms with van der Waals surface area (Å²) in [5.41, 5.74) is 1.63. The fourth-order valence-corrected chi connectivity index (χ4v) is 1.64. The van der Waals surface area contributed by atoms with Crippen LogP contribution in [0.15, 0.2) is 48.5 Å². The number of carbonyl (C=O) groups is 1. The van der Waals surface area contributed by atoms with Gasteiger partial charge in [-0.1, -0.05) is 24.3 Å². The van der Waals surface area contributed by atoms with Crippen LogP contribution in [0.4, 0.5) is 14.9 Å². The zero-order valence-electron chi connectivity index (χ0n) is 10.6. The molecular formula is C15H12FN3O. The number of para-hydroxylation sites is 1. The van der Waals surface area contributed by atoms with E-state index in [0.29, 0.717) is 11.3 Å². The van der Waals surface area contributed by atoms with Crippen molar-refractivity contribution in [2.24, 2.45) is 0 Å². The second-order valence-electron chi connectivity index (χ2n) is 4.09. The highest BCUT2D eigenvalue weighted by molar-refractivity contribution is 5.90. The maximum atomic E-state index is 12.7. The zero-order chi connectivity index (χ0) is 14.4. The number of nitriles is 1. The summed E-state index contributed by atoms with van der Waals surface area (Å²) in [5, 5.41) is 14.1. The number of carbonyl (C=O) groups excluding carboxylic acids is 1. The van der Waals surface area contributed by atoms with Crippen LogP contribution >= 0.6 is 0 Å². The van der Waals surface area contributed by atoms with E-state index in [-0.39, 0.29) is 12.4 Å². The van der Waals surface area contributed by atoms with Crippen molar-refractivity contribution in [3.05, 3.63) is 65.5 Å². The van der Waals surface area contributed by atoms with Gasteiger partial charge in [-0.2, -0.15) is 5.26 Å². The second kappa shape index (κ2) is 6.34. The number of urea groups is 1. The van der Waals surface area contributed by atoms with Gasteiger partial charge in [0.25, 0.3) is 0 Å². The van der Waals surface area contributed by atoms with E-state index < -0.39 is 6.03 Å². The van der Waals surface area contributed by atoms with Gasteiger partial charge >= 0.3 is 6.03 Å². The van der Waals surface area contributed by atoms with Gasteiger partial charge in [0.15, 0.2) is 0 Å². The van der Waals surface area contributed by atoms with Gasteiger partial charge in [-0.3, -0.25) is 0 Å². The Kier molecular flexibility index (Phi) is 4.30. The largest absolute Gasteiger partial charge is 0.334 e. The zero-order valence-corrected chi connectivity index (χ0v) is 10.6. The normalized spacial score (nSPS) is 9.60. The van der Waals surface area contributed by atoms with Crippen LogP contribution in [0.2, 0.25) is 0 Å². The van der Waals surface area contributed by atoms with Gasteiger partial charge in [0, 0.05) is 6.54 Å². The van der Waals surface area contributed by atoms with Gasteiger partial charge in [0.05, 0.1) is 11.3 Å². The molecule has 0 atom stereocenters. The minimum Gasteiger partial charge on any atom is -0.334 e. The highest BCUT2D eigenvalue weighted by Gasteiger charge is 2.05. The van der Waals surface area contributed by atoms with Crippen molar-refractivity contribution >= 4 is 11.7 Å². The van der Waals surface area contributed by atoms with E-state index in [1.54, 1.807) is 36.4 Å². The fourth-order valence-electron chi connectivity index (χ4n) is 1.64. The molecule has 2 amide bonds. The lowest BCUT2D eigenvalue weighted by Crippen LogP contribution is -2.28. The predicted molar refractivity (Wildman–Crippen MR) is 73.4 cm³/mol. The number of halogens is 1. The molecular weight excluding hydrogens is 257 g/mol. The second-order valence-corrected chi connectivity index (χ2v) is 4.09. The van der Waals surface area contributed by atoms with E-state index in [1.165, 1.54) is 12.1 Å². The lowest BCUT2D eigenvalue weighted by Gasteiger charge is -2.08. The third kappa shape index (κ3) is 3.56. The molecule has 0 aromatic heterocycles. The summed E-state index contributed by atoms with van der Waals surface area (Å²) < 4.78 is 12.7. The number of amides is 2. The number of hydrogen-bond acceptors (Lipinski definition) is 2. The van der Waals surface area contributed by atoms with Crippen LogP contribution < -0.4 is 10.6 Å². The molecule has 0 spiro atoms. The number of anilines is 1. The first-order chi connectivity index (χ1) is 9.69. The molecule has 0 aliphatic rings. The molecule has 0 saturated heterocycles. The molecule has 2 rings (SSSR count). The summed E-state index contributed by atoms with van der Waals surface area (Å²) in [6, 6.07) is 14.2. The van der Waals surface area contributed by atoms with Crippen LogP contribution in [0, 0.1) is 17.1 Å². The first kappa shape index (κ1) is 13.6. The Morgan fingerprint density at radius 3 is 2.55 bits per heavy atom. The number of nitrogens with one attached hydrogen (secondary N) is 2. The van der Waals surface area contributed by atoms with Crippen LogP contribution in [0.25, 0.3) is 0 Å².